The minimum Gasteiger partial charge on any atom is -0.333 e. The van der Waals surface area contributed by atoms with Crippen LogP contribution in [0.4, 0.5) is 26.3 Å². The Morgan fingerprint density at radius 1 is 1.03 bits per heavy atom. The Balaban J connectivity index is 1.52. The molecule has 1 aromatic heterocycles. The number of rotatable bonds is 7. The van der Waals surface area contributed by atoms with Gasteiger partial charge in [-0.1, -0.05) is 30.3 Å². The van der Waals surface area contributed by atoms with E-state index in [1.54, 1.807) is 0 Å². The number of fused-ring (bicyclic) bond motifs is 1. The number of carbonyl (C=O) groups is 1. The van der Waals surface area contributed by atoms with Crippen molar-refractivity contribution in [2.75, 3.05) is 6.54 Å². The molecule has 1 aliphatic heterocycles. The average molecular weight is 511 g/mol. The van der Waals surface area contributed by atoms with Crippen LogP contribution in [0.15, 0.2) is 42.5 Å². The van der Waals surface area contributed by atoms with Gasteiger partial charge in [-0.2, -0.15) is 13.2 Å². The molecule has 2 atom stereocenters. The monoisotopic (exact) mass is 511 g/mol. The van der Waals surface area contributed by atoms with Crippen molar-refractivity contribution < 1.29 is 31.1 Å². The predicted molar refractivity (Wildman–Crippen MR) is 117 cm³/mol. The summed E-state index contributed by atoms with van der Waals surface area (Å²) in [5.74, 6) is -4.97. The minimum atomic E-state index is -4.66. The van der Waals surface area contributed by atoms with E-state index in [-0.39, 0.29) is 49.9 Å². The fourth-order valence-electron chi connectivity index (χ4n) is 4.29. The maximum atomic E-state index is 14.4. The van der Waals surface area contributed by atoms with Crippen molar-refractivity contribution in [3.05, 3.63) is 82.7 Å². The van der Waals surface area contributed by atoms with Gasteiger partial charge >= 0.3 is 6.18 Å². The number of nitrogens with one attached hydrogen (secondary N) is 1. The summed E-state index contributed by atoms with van der Waals surface area (Å²) >= 11 is 0. The molecule has 1 amide bonds. The third kappa shape index (κ3) is 5.69. The summed E-state index contributed by atoms with van der Waals surface area (Å²) in [6.45, 7) is 1.56. The van der Waals surface area contributed by atoms with Crippen LogP contribution >= 0.6 is 0 Å². The lowest BCUT2D eigenvalue weighted by atomic mass is 9.99. The van der Waals surface area contributed by atoms with Crippen LogP contribution in [0.1, 0.15) is 42.2 Å². The maximum Gasteiger partial charge on any atom is 0.451 e. The van der Waals surface area contributed by atoms with Gasteiger partial charge in [0.25, 0.3) is 0 Å². The zero-order valence-corrected chi connectivity index (χ0v) is 19.2. The fourth-order valence-corrected chi connectivity index (χ4v) is 4.29. The number of hydrogen-bond donors (Lipinski definition) is 1. The highest BCUT2D eigenvalue weighted by molar-refractivity contribution is 5.77. The number of nitrogens with zero attached hydrogens (tertiary/aromatic N) is 4. The normalized spacial score (nSPS) is 15.5. The lowest BCUT2D eigenvalue weighted by Gasteiger charge is -2.30. The smallest absolute Gasteiger partial charge is 0.333 e. The summed E-state index contributed by atoms with van der Waals surface area (Å²) in [6.07, 6.45) is -4.93. The molecule has 36 heavy (non-hydrogen) atoms. The van der Waals surface area contributed by atoms with E-state index in [9.17, 15) is 31.1 Å². The molecule has 0 bridgehead atoms. The van der Waals surface area contributed by atoms with Crippen LogP contribution in [0, 0.1) is 17.5 Å². The first-order chi connectivity index (χ1) is 17.0. The molecule has 0 saturated carbocycles. The third-order valence-corrected chi connectivity index (χ3v) is 6.12. The molecule has 0 fully saturated rings. The molecule has 4 rings (SSSR count). The quantitative estimate of drug-likeness (QED) is 0.377. The summed E-state index contributed by atoms with van der Waals surface area (Å²) in [5.41, 5.74) is 0.791. The van der Waals surface area contributed by atoms with Gasteiger partial charge in [0.2, 0.25) is 11.7 Å². The maximum absolute atomic E-state index is 14.4. The summed E-state index contributed by atoms with van der Waals surface area (Å²) < 4.78 is 81.8. The first-order valence-corrected chi connectivity index (χ1v) is 11.2. The van der Waals surface area contributed by atoms with Crippen LogP contribution in [0.5, 0.6) is 0 Å². The van der Waals surface area contributed by atoms with Crippen molar-refractivity contribution in [2.24, 2.45) is 0 Å². The molecule has 0 saturated heterocycles. The molecule has 6 nitrogen and oxygen atoms in total. The number of alkyl halides is 3. The minimum absolute atomic E-state index is 0.00739. The van der Waals surface area contributed by atoms with Gasteiger partial charge in [0.05, 0.1) is 6.54 Å². The number of halogens is 6. The van der Waals surface area contributed by atoms with Gasteiger partial charge in [0.1, 0.15) is 5.82 Å². The second-order valence-corrected chi connectivity index (χ2v) is 8.67. The van der Waals surface area contributed by atoms with E-state index in [0.29, 0.717) is 6.07 Å². The highest BCUT2D eigenvalue weighted by atomic mass is 19.4. The molecule has 12 heteroatoms. The van der Waals surface area contributed by atoms with Gasteiger partial charge in [-0.05, 0) is 30.5 Å². The van der Waals surface area contributed by atoms with Crippen LogP contribution < -0.4 is 5.32 Å². The second-order valence-electron chi connectivity index (χ2n) is 8.67. The molecule has 3 aromatic rings. The number of aromatic nitrogens is 3. The second kappa shape index (κ2) is 10.3. The van der Waals surface area contributed by atoms with Gasteiger partial charge < -0.3 is 14.8 Å². The highest BCUT2D eigenvalue weighted by Crippen LogP contribution is 2.29. The van der Waals surface area contributed by atoms with E-state index >= 15 is 0 Å². The number of amides is 1. The third-order valence-electron chi connectivity index (χ3n) is 6.12. The van der Waals surface area contributed by atoms with Crippen LogP contribution in [-0.2, 0) is 30.5 Å². The van der Waals surface area contributed by atoms with Crippen molar-refractivity contribution in [1.29, 1.82) is 0 Å². The zero-order valence-electron chi connectivity index (χ0n) is 19.2. The topological polar surface area (TPSA) is 63.1 Å². The molecule has 0 unspecified atom stereocenters. The summed E-state index contributed by atoms with van der Waals surface area (Å²) in [7, 11) is 0. The molecule has 192 valence electrons. The lowest BCUT2D eigenvalue weighted by molar-refractivity contribution is -0.148. The van der Waals surface area contributed by atoms with Crippen LogP contribution in [0.2, 0.25) is 0 Å². The fraction of sp³-hybridized carbons (Fsp3) is 0.375. The van der Waals surface area contributed by atoms with Crippen molar-refractivity contribution in [2.45, 2.75) is 51.1 Å². The number of hydrogen-bond acceptors (Lipinski definition) is 4. The van der Waals surface area contributed by atoms with Crippen LogP contribution in [0.25, 0.3) is 0 Å². The van der Waals surface area contributed by atoms with E-state index in [4.69, 9.17) is 0 Å². The van der Waals surface area contributed by atoms with Gasteiger partial charge in [-0.15, -0.1) is 10.2 Å². The van der Waals surface area contributed by atoms with E-state index in [2.05, 4.69) is 15.5 Å². The predicted octanol–water partition coefficient (Wildman–Crippen LogP) is 4.41. The standard InChI is InChI=1S/C24H23F6N5O/c1-14(15-5-3-2-4-6-15)31-17(9-16-10-19(26)20(27)12-18(16)25)11-22(36)34-7-8-35-21(13-34)32-33-23(35)24(28,29)30/h2-6,10,12,14,17,31H,7-9,11,13H2,1H3/t14-,17-/m0/s1. The van der Waals surface area contributed by atoms with Crippen LogP contribution in [0.3, 0.4) is 0 Å². The van der Waals surface area contributed by atoms with Crippen LogP contribution in [-0.4, -0.2) is 38.2 Å². The Morgan fingerprint density at radius 3 is 2.42 bits per heavy atom. The largest absolute Gasteiger partial charge is 0.451 e. The Bertz CT molecular complexity index is 1230. The molecule has 0 aliphatic carbocycles. The molecular weight excluding hydrogens is 488 g/mol. The molecule has 2 heterocycles. The molecule has 0 radical (unpaired) electrons. The van der Waals surface area contributed by atoms with Crippen molar-refractivity contribution in [3.63, 3.8) is 0 Å². The van der Waals surface area contributed by atoms with Gasteiger partial charge in [-0.3, -0.25) is 4.79 Å². The Kier molecular flexibility index (Phi) is 7.34. The van der Waals surface area contributed by atoms with Crippen molar-refractivity contribution >= 4 is 5.91 Å². The molecular formula is C24H23F6N5O. The number of benzene rings is 2. The first-order valence-electron chi connectivity index (χ1n) is 11.2. The van der Waals surface area contributed by atoms with Crippen molar-refractivity contribution in [1.82, 2.24) is 25.0 Å². The van der Waals surface area contributed by atoms with Gasteiger partial charge in [-0.25, -0.2) is 13.2 Å². The first kappa shape index (κ1) is 25.7. The zero-order chi connectivity index (χ0) is 26.0. The Hall–Kier alpha value is -3.41. The Morgan fingerprint density at radius 2 is 1.72 bits per heavy atom. The summed E-state index contributed by atoms with van der Waals surface area (Å²) in [5, 5.41) is 10.0. The average Bonchev–Trinajstić information content (AvgIpc) is 3.27. The lowest BCUT2D eigenvalue weighted by Crippen LogP contribution is -2.43. The molecule has 1 aliphatic rings. The molecule has 0 spiro atoms. The van der Waals surface area contributed by atoms with Gasteiger partial charge in [0.15, 0.2) is 17.5 Å². The van der Waals surface area contributed by atoms with Crippen molar-refractivity contribution in [3.8, 4) is 0 Å². The molecule has 1 N–H and O–H groups in total. The van der Waals surface area contributed by atoms with E-state index in [1.807, 2.05) is 37.3 Å². The SMILES string of the molecule is C[C@H](N[C@H](CC(=O)N1CCn2c(nnc2C(F)(F)F)C1)Cc1cc(F)c(F)cc1F)c1ccccc1. The van der Waals surface area contributed by atoms with Gasteiger partial charge in [0, 0.05) is 37.7 Å². The highest BCUT2D eigenvalue weighted by Gasteiger charge is 2.40. The Labute approximate surface area is 202 Å². The molecule has 2 aromatic carbocycles. The van der Waals surface area contributed by atoms with E-state index in [1.165, 1.54) is 4.90 Å². The van der Waals surface area contributed by atoms with E-state index < -0.39 is 41.4 Å². The summed E-state index contributed by atoms with van der Waals surface area (Å²) in [6, 6.07) is 9.51. The summed E-state index contributed by atoms with van der Waals surface area (Å²) in [4.78, 5) is 14.5. The van der Waals surface area contributed by atoms with E-state index in [0.717, 1.165) is 16.2 Å². The number of carbonyl (C=O) groups excluding carboxylic acids is 1.